The molecule has 4 nitrogen and oxygen atoms in total. The van der Waals surface area contributed by atoms with Crippen LogP contribution < -0.4 is 5.32 Å². The SMILES string of the molecule is CCOC(=O)C(Cc1ccccc1)NC(=O)CC1CCCC1. The molecule has 0 heterocycles. The Labute approximate surface area is 132 Å². The van der Waals surface area contributed by atoms with Gasteiger partial charge in [-0.3, -0.25) is 4.79 Å². The third kappa shape index (κ3) is 5.17. The largest absolute Gasteiger partial charge is 0.464 e. The number of hydrogen-bond acceptors (Lipinski definition) is 3. The van der Waals surface area contributed by atoms with Crippen LogP contribution in [0.4, 0.5) is 0 Å². The van der Waals surface area contributed by atoms with Crippen LogP contribution in [0.3, 0.4) is 0 Å². The Hall–Kier alpha value is -1.84. The minimum absolute atomic E-state index is 0.0408. The first-order valence-corrected chi connectivity index (χ1v) is 8.19. The fourth-order valence-corrected chi connectivity index (χ4v) is 3.02. The maximum Gasteiger partial charge on any atom is 0.328 e. The Morgan fingerprint density at radius 3 is 2.55 bits per heavy atom. The molecular weight excluding hydrogens is 278 g/mol. The minimum atomic E-state index is -0.601. The van der Waals surface area contributed by atoms with E-state index in [0.717, 1.165) is 18.4 Å². The Morgan fingerprint density at radius 2 is 1.91 bits per heavy atom. The van der Waals surface area contributed by atoms with Gasteiger partial charge in [0.25, 0.3) is 0 Å². The first kappa shape index (κ1) is 16.5. The highest BCUT2D eigenvalue weighted by atomic mass is 16.5. The van der Waals surface area contributed by atoms with Crippen LogP contribution in [0.1, 0.15) is 44.6 Å². The van der Waals surface area contributed by atoms with Gasteiger partial charge < -0.3 is 10.1 Å². The molecule has 1 aromatic rings. The van der Waals surface area contributed by atoms with E-state index < -0.39 is 6.04 Å². The average Bonchev–Trinajstić information content (AvgIpc) is 3.00. The van der Waals surface area contributed by atoms with Crippen molar-refractivity contribution in [1.82, 2.24) is 5.32 Å². The Bertz CT molecular complexity index is 480. The maximum absolute atomic E-state index is 12.2. The van der Waals surface area contributed by atoms with Crippen LogP contribution >= 0.6 is 0 Å². The molecule has 22 heavy (non-hydrogen) atoms. The van der Waals surface area contributed by atoms with Crippen LogP contribution in [0.15, 0.2) is 30.3 Å². The molecule has 1 saturated carbocycles. The molecule has 0 bridgehead atoms. The number of carbonyl (C=O) groups excluding carboxylic acids is 2. The number of rotatable bonds is 7. The van der Waals surface area contributed by atoms with Gasteiger partial charge in [0, 0.05) is 12.8 Å². The molecule has 1 atom stereocenters. The standard InChI is InChI=1S/C18H25NO3/c1-2-22-18(21)16(12-14-8-4-3-5-9-14)19-17(20)13-15-10-6-7-11-15/h3-5,8-9,15-16H,2,6-7,10-13H2,1H3,(H,19,20). The molecule has 1 amide bonds. The third-order valence-corrected chi connectivity index (χ3v) is 4.14. The van der Waals surface area contributed by atoms with Crippen LogP contribution in [-0.4, -0.2) is 24.5 Å². The number of carbonyl (C=O) groups is 2. The van der Waals surface area contributed by atoms with Crippen molar-refractivity contribution in [2.75, 3.05) is 6.61 Å². The van der Waals surface area contributed by atoms with Crippen molar-refractivity contribution < 1.29 is 14.3 Å². The van der Waals surface area contributed by atoms with Gasteiger partial charge in [-0.15, -0.1) is 0 Å². The summed E-state index contributed by atoms with van der Waals surface area (Å²) in [5, 5.41) is 2.86. The van der Waals surface area contributed by atoms with Gasteiger partial charge in [-0.2, -0.15) is 0 Å². The molecule has 4 heteroatoms. The lowest BCUT2D eigenvalue weighted by atomic mass is 10.0. The average molecular weight is 303 g/mol. The minimum Gasteiger partial charge on any atom is -0.464 e. The summed E-state index contributed by atoms with van der Waals surface area (Å²) in [6.07, 6.45) is 5.65. The summed E-state index contributed by atoms with van der Waals surface area (Å²) in [4.78, 5) is 24.3. The molecule has 0 aliphatic heterocycles. The number of amides is 1. The predicted octanol–water partition coefficient (Wildman–Crippen LogP) is 2.86. The van der Waals surface area contributed by atoms with Crippen molar-refractivity contribution in [3.8, 4) is 0 Å². The van der Waals surface area contributed by atoms with Crippen molar-refractivity contribution in [3.63, 3.8) is 0 Å². The van der Waals surface area contributed by atoms with E-state index in [2.05, 4.69) is 5.32 Å². The zero-order valence-electron chi connectivity index (χ0n) is 13.2. The summed E-state index contributed by atoms with van der Waals surface area (Å²) in [7, 11) is 0. The van der Waals surface area contributed by atoms with Gasteiger partial charge in [0.05, 0.1) is 6.61 Å². The fourth-order valence-electron chi connectivity index (χ4n) is 3.02. The second kappa shape index (κ2) is 8.57. The summed E-state index contributed by atoms with van der Waals surface area (Å²) in [6, 6.07) is 9.10. The van der Waals surface area contributed by atoms with E-state index in [1.54, 1.807) is 6.92 Å². The lowest BCUT2D eigenvalue weighted by Gasteiger charge is -2.18. The Morgan fingerprint density at radius 1 is 1.23 bits per heavy atom. The zero-order valence-corrected chi connectivity index (χ0v) is 13.2. The second-order valence-corrected chi connectivity index (χ2v) is 5.92. The molecule has 120 valence electrons. The van der Waals surface area contributed by atoms with Gasteiger partial charge >= 0.3 is 5.97 Å². The number of nitrogens with one attached hydrogen (secondary N) is 1. The van der Waals surface area contributed by atoms with Gasteiger partial charge in [0.15, 0.2) is 0 Å². The lowest BCUT2D eigenvalue weighted by molar-refractivity contribution is -0.147. The number of benzene rings is 1. The van der Waals surface area contributed by atoms with Crippen LogP contribution in [0.25, 0.3) is 0 Å². The van der Waals surface area contributed by atoms with E-state index in [4.69, 9.17) is 4.74 Å². The van der Waals surface area contributed by atoms with Crippen molar-refractivity contribution in [3.05, 3.63) is 35.9 Å². The summed E-state index contributed by atoms with van der Waals surface area (Å²) < 4.78 is 5.09. The molecule has 1 aliphatic carbocycles. The number of esters is 1. The van der Waals surface area contributed by atoms with Crippen LogP contribution in [0.5, 0.6) is 0 Å². The van der Waals surface area contributed by atoms with Crippen molar-refractivity contribution in [2.45, 2.75) is 51.5 Å². The van der Waals surface area contributed by atoms with Gasteiger partial charge in [0.1, 0.15) is 6.04 Å². The molecular formula is C18H25NO3. The van der Waals surface area contributed by atoms with Crippen LogP contribution in [0, 0.1) is 5.92 Å². The first-order chi connectivity index (χ1) is 10.7. The molecule has 0 saturated heterocycles. The molecule has 1 N–H and O–H groups in total. The molecule has 0 radical (unpaired) electrons. The second-order valence-electron chi connectivity index (χ2n) is 5.92. The van der Waals surface area contributed by atoms with Gasteiger partial charge in [-0.1, -0.05) is 43.2 Å². The lowest BCUT2D eigenvalue weighted by Crippen LogP contribution is -2.43. The van der Waals surface area contributed by atoms with E-state index in [1.807, 2.05) is 30.3 Å². The molecule has 1 fully saturated rings. The fraction of sp³-hybridized carbons (Fsp3) is 0.556. The van der Waals surface area contributed by atoms with Crippen LogP contribution in [-0.2, 0) is 20.7 Å². The summed E-state index contributed by atoms with van der Waals surface area (Å²) in [5.74, 6) is 0.0755. The van der Waals surface area contributed by atoms with E-state index >= 15 is 0 Å². The Balaban J connectivity index is 1.94. The van der Waals surface area contributed by atoms with Gasteiger partial charge in [-0.25, -0.2) is 4.79 Å². The highest BCUT2D eigenvalue weighted by molar-refractivity contribution is 5.84. The van der Waals surface area contributed by atoms with E-state index in [-0.39, 0.29) is 11.9 Å². The van der Waals surface area contributed by atoms with E-state index in [9.17, 15) is 9.59 Å². The predicted molar refractivity (Wildman–Crippen MR) is 85.3 cm³/mol. The molecule has 0 spiro atoms. The first-order valence-electron chi connectivity index (χ1n) is 8.19. The summed E-state index contributed by atoms with van der Waals surface area (Å²) in [5.41, 5.74) is 1.02. The quantitative estimate of drug-likeness (QED) is 0.788. The molecule has 1 unspecified atom stereocenters. The molecule has 0 aromatic heterocycles. The molecule has 1 aliphatic rings. The van der Waals surface area contributed by atoms with E-state index in [0.29, 0.717) is 25.4 Å². The smallest absolute Gasteiger partial charge is 0.328 e. The molecule has 1 aromatic carbocycles. The zero-order chi connectivity index (χ0) is 15.8. The Kier molecular flexibility index (Phi) is 6.44. The van der Waals surface area contributed by atoms with Gasteiger partial charge in [0.2, 0.25) is 5.91 Å². The monoisotopic (exact) mass is 303 g/mol. The van der Waals surface area contributed by atoms with Gasteiger partial charge in [-0.05, 0) is 31.2 Å². The molecule has 2 rings (SSSR count). The van der Waals surface area contributed by atoms with Crippen molar-refractivity contribution in [2.24, 2.45) is 5.92 Å². The topological polar surface area (TPSA) is 55.4 Å². The summed E-state index contributed by atoms with van der Waals surface area (Å²) >= 11 is 0. The normalized spacial score (nSPS) is 16.2. The maximum atomic E-state index is 12.2. The summed E-state index contributed by atoms with van der Waals surface area (Å²) in [6.45, 7) is 2.10. The number of hydrogen-bond donors (Lipinski definition) is 1. The third-order valence-electron chi connectivity index (χ3n) is 4.14. The highest BCUT2D eigenvalue weighted by Crippen LogP contribution is 2.27. The highest BCUT2D eigenvalue weighted by Gasteiger charge is 2.25. The van der Waals surface area contributed by atoms with Crippen LogP contribution in [0.2, 0.25) is 0 Å². The van der Waals surface area contributed by atoms with Crippen molar-refractivity contribution in [1.29, 1.82) is 0 Å². The van der Waals surface area contributed by atoms with E-state index in [1.165, 1.54) is 12.8 Å². The van der Waals surface area contributed by atoms with Crippen molar-refractivity contribution >= 4 is 11.9 Å². The number of ether oxygens (including phenoxy) is 1.